The normalized spacial score (nSPS) is 9.17. The van der Waals surface area contributed by atoms with Crippen LogP contribution in [0.25, 0.3) is 0 Å². The molecule has 0 aromatic heterocycles. The van der Waals surface area contributed by atoms with Crippen LogP contribution in [0.5, 0.6) is 0 Å². The van der Waals surface area contributed by atoms with Crippen molar-refractivity contribution in [2.45, 2.75) is 32.4 Å². The first-order valence-corrected chi connectivity index (χ1v) is 59.1. The first-order chi connectivity index (χ1) is 25.2. The van der Waals surface area contributed by atoms with Gasteiger partial charge in [-0.15, -0.1) is 0 Å². The molecule has 0 saturated carbocycles. The van der Waals surface area contributed by atoms with Crippen LogP contribution in [0.4, 0.5) is 4.79 Å². The second-order valence-electron chi connectivity index (χ2n) is 6.29. The fourth-order valence-electron chi connectivity index (χ4n) is 1.15. The molecule has 0 heterocycles. The van der Waals surface area contributed by atoms with E-state index in [1.165, 1.54) is 24.9 Å². The molecule has 5 nitrogen and oxygen atoms in total. The summed E-state index contributed by atoms with van der Waals surface area (Å²) in [4.78, 5) is 22.4. The van der Waals surface area contributed by atoms with Crippen LogP contribution in [0.3, 0.4) is 0 Å². The van der Waals surface area contributed by atoms with Crippen LogP contribution in [0.2, 0.25) is 0 Å². The lowest BCUT2D eigenvalue weighted by atomic mass is 10.2. The first-order valence-electron chi connectivity index (χ1n) is 10.5. The smallest absolute Gasteiger partial charge is 0.408 e. The summed E-state index contributed by atoms with van der Waals surface area (Å²) in [6, 6.07) is -0.784. The lowest BCUT2D eigenvalue weighted by Gasteiger charge is -2.21. The molecule has 0 bridgehead atoms. The maximum Gasteiger partial charge on any atom is 0.408 e. The number of thiol groups is 1. The molecule has 1 amide bonds. The molecule has 0 aliphatic carbocycles. The summed E-state index contributed by atoms with van der Waals surface area (Å²) < 4.78 is 9.45. The minimum Gasteiger partial charge on any atom is -0.467 e. The molecule has 0 spiro atoms. The van der Waals surface area contributed by atoms with Crippen LogP contribution in [0.1, 0.15) is 20.8 Å². The number of carbonyl (C=O) groups excluding carboxylic acids is 2. The highest BCUT2D eigenvalue weighted by Gasteiger charge is 2.23. The van der Waals surface area contributed by atoms with Crippen molar-refractivity contribution >= 4 is 358 Å². The van der Waals surface area contributed by atoms with Gasteiger partial charge in [0.1, 0.15) is 11.6 Å². The van der Waals surface area contributed by atoms with Crippen LogP contribution in [-0.2, 0) is 347 Å². The molecule has 1 atom stereocenters. The number of nitrogens with one attached hydrogen (secondary N) is 1. The Hall–Kier alpha value is 7.23. The summed E-state index contributed by atoms with van der Waals surface area (Å²) >= 11 is 13.5. The Morgan fingerprint density at radius 1 is 0.500 bits per heavy atom. The van der Waals surface area contributed by atoms with E-state index >= 15 is 0 Å². The number of rotatable bonds is 3. The molecule has 0 aromatic carbocycles. The number of ether oxygens (including phenoxy) is 2. The van der Waals surface area contributed by atoms with E-state index < -0.39 is 23.7 Å². The van der Waals surface area contributed by atoms with Crippen molar-refractivity contribution in [2.75, 3.05) is 12.9 Å². The highest BCUT2D eigenvalue weighted by Crippen LogP contribution is 2.07. The largest absolute Gasteiger partial charge is 0.467 e. The summed E-state index contributed by atoms with van der Waals surface area (Å²) in [6.45, 7) is 5.21. The van der Waals surface area contributed by atoms with Gasteiger partial charge in [0.15, 0.2) is 0 Å². The average molecular weight is 1420 g/mol. The fourth-order valence-corrected chi connectivity index (χ4v) is 91.9. The van der Waals surface area contributed by atoms with Gasteiger partial charge in [-0.05, 0) is 20.8 Å². The van der Waals surface area contributed by atoms with Gasteiger partial charge >= 0.3 is 12.1 Å². The third-order valence-corrected chi connectivity index (χ3v) is 78.2. The molecule has 0 saturated heterocycles. The second-order valence-corrected chi connectivity index (χ2v) is 68.6. The van der Waals surface area contributed by atoms with Crippen LogP contribution in [0.15, 0.2) is 0 Å². The number of hydrogen-bond donors (Lipinski definition) is 2. The minimum absolute atomic E-state index is 0.159. The van der Waals surface area contributed by atoms with E-state index in [1.807, 2.05) is 186 Å². The topological polar surface area (TPSA) is 64.6 Å². The average Bonchev–Trinajstić information content (AvgIpc) is 3.11. The van der Waals surface area contributed by atoms with Crippen LogP contribution >= 0.6 is 12.6 Å². The van der Waals surface area contributed by atoms with Crippen LogP contribution in [0, 0.1) is 0 Å². The maximum atomic E-state index is 11.3. The van der Waals surface area contributed by atoms with Crippen molar-refractivity contribution in [2.24, 2.45) is 0 Å². The predicted octanol–water partition coefficient (Wildman–Crippen LogP) is 0.894. The van der Waals surface area contributed by atoms with E-state index in [0.29, 0.717) is 0 Å². The van der Waals surface area contributed by atoms with Crippen molar-refractivity contribution in [1.29, 1.82) is 0 Å². The minimum atomic E-state index is -0.784. The number of methoxy groups -OCH3 is 1. The summed E-state index contributed by atoms with van der Waals surface area (Å²) in [5.74, 6) is -0.387. The van der Waals surface area contributed by atoms with Crippen molar-refractivity contribution in [3.63, 3.8) is 0 Å². The van der Waals surface area contributed by atoms with E-state index in [-0.39, 0.29) is 5.75 Å². The van der Waals surface area contributed by atoms with E-state index in [4.69, 9.17) is 27.1 Å². The zero-order chi connectivity index (χ0) is 38.8. The molecule has 0 aliphatic heterocycles. The Morgan fingerprint density at radius 2 is 0.712 bits per heavy atom. The van der Waals surface area contributed by atoms with Gasteiger partial charge in [-0.25, -0.2) is 9.59 Å². The maximum absolute atomic E-state index is 11.3. The molecule has 0 aliphatic rings. The Balaban J connectivity index is 0. The molecular formula is C9H17NO4S38. The summed E-state index contributed by atoms with van der Waals surface area (Å²) in [5.41, 5.74) is -0.596. The van der Waals surface area contributed by atoms with Gasteiger partial charge in [-0.1, -0.05) is 0 Å². The van der Waals surface area contributed by atoms with Crippen LogP contribution in [-0.4, -0.2) is 36.6 Å². The number of hydrogen-bond acceptors (Lipinski definition) is 7. The molecule has 1 N–H and O–H groups in total. The fraction of sp³-hybridized carbons (Fsp3) is 0.778. The zero-order valence-corrected chi connectivity index (χ0v) is 55.6. The number of carbonyl (C=O) groups is 2. The Kier molecular flexibility index (Phi) is 60.0. The lowest BCUT2D eigenvalue weighted by Crippen LogP contribution is -2.45. The van der Waals surface area contributed by atoms with Gasteiger partial charge in [0.25, 0.3) is 0 Å². The Bertz CT molecular complexity index is 2670. The van der Waals surface area contributed by atoms with Gasteiger partial charge in [0.2, 0.25) is 0 Å². The number of esters is 1. The van der Waals surface area contributed by atoms with Gasteiger partial charge in [-0.2, -0.15) is 12.6 Å². The quantitative estimate of drug-likeness (QED) is 0.324. The second kappa shape index (κ2) is 50.9. The van der Waals surface area contributed by atoms with Crippen LogP contribution < -0.4 is 5.32 Å². The zero-order valence-electron chi connectivity index (χ0n) is 24.5. The van der Waals surface area contributed by atoms with Crippen molar-refractivity contribution in [3.05, 3.63) is 0 Å². The third-order valence-electron chi connectivity index (χ3n) is 2.30. The van der Waals surface area contributed by atoms with Crippen molar-refractivity contribution in [3.8, 4) is 0 Å². The Labute approximate surface area is 417 Å². The lowest BCUT2D eigenvalue weighted by molar-refractivity contribution is -0.142. The first kappa shape index (κ1) is 61.3. The summed E-state index contributed by atoms with van der Waals surface area (Å²) in [5, 5.41) is 2.36. The van der Waals surface area contributed by atoms with Gasteiger partial charge in [0, 0.05) is 339 Å². The number of amides is 1. The molecule has 0 aromatic rings. The summed E-state index contributed by atoms with van der Waals surface area (Å²) in [6.07, 6.45) is -0.660. The van der Waals surface area contributed by atoms with Gasteiger partial charge in [0.05, 0.1) is 7.11 Å². The van der Waals surface area contributed by atoms with E-state index in [2.05, 4.69) is 22.7 Å². The molecule has 310 valence electrons. The van der Waals surface area contributed by atoms with Gasteiger partial charge < -0.3 is 14.8 Å². The van der Waals surface area contributed by atoms with Crippen molar-refractivity contribution < 1.29 is 19.1 Å². The standard InChI is InChI=1S/C9H17NO4S.S37/c1-9(2,3)14-8(12)10-6(5-15)7(11)13-4;1-3-5-7-9-11-13-15-17-19-21-23-25-27-29-31-33-35-37-36-34-32-30-28-26-24-22-20-18-16-14-12-10-8-6-4-2/h6,15H,5H2,1-4H3,(H,10,12);. The molecule has 52 heavy (non-hydrogen) atoms. The molecule has 1 unspecified atom stereocenters. The molecule has 0 rings (SSSR count). The monoisotopic (exact) mass is 1420 g/mol. The highest BCUT2D eigenvalue weighted by atomic mass is 33.5. The van der Waals surface area contributed by atoms with Crippen molar-refractivity contribution in [1.82, 2.24) is 5.32 Å². The highest BCUT2D eigenvalue weighted by molar-refractivity contribution is 8.80. The molecule has 43 heteroatoms. The van der Waals surface area contributed by atoms with E-state index in [9.17, 15) is 9.59 Å². The SMILES string of the molecule is COC(=O)C(CS)NC(=O)OC(C)(C)C.S=S=S=S=S=S=S=S=S=S=S=S=S=S=S=S=S=S=S=S=S=S=S=S=S=S=S=S=S=S=S=S=S=S=S=S=S. The van der Waals surface area contributed by atoms with E-state index in [0.717, 1.165) is 0 Å². The molecule has 0 radical (unpaired) electrons. The predicted molar refractivity (Wildman–Crippen MR) is 332 cm³/mol. The number of alkyl carbamates (subject to hydrolysis) is 1. The Morgan fingerprint density at radius 3 is 0.865 bits per heavy atom. The third kappa shape index (κ3) is 53.4. The van der Waals surface area contributed by atoms with E-state index in [1.54, 1.807) is 127 Å². The molecular weight excluding hydrogens is 1400 g/mol. The molecule has 0 fully saturated rings. The van der Waals surface area contributed by atoms with Gasteiger partial charge in [-0.3, -0.25) is 0 Å². The summed E-state index contributed by atoms with van der Waals surface area (Å²) in [7, 11) is 63.1.